The molecule has 0 aliphatic rings. The lowest BCUT2D eigenvalue weighted by atomic mass is 10.1. The molecule has 2 N–H and O–H groups in total. The van der Waals surface area contributed by atoms with Gasteiger partial charge in [0, 0.05) is 35.8 Å². The molecular weight excluding hydrogens is 312 g/mol. The molecule has 23 heavy (non-hydrogen) atoms. The van der Waals surface area contributed by atoms with Crippen LogP contribution in [-0.4, -0.2) is 32.5 Å². The zero-order valence-electron chi connectivity index (χ0n) is 12.4. The summed E-state index contributed by atoms with van der Waals surface area (Å²) in [6.07, 6.45) is 6.56. The summed E-state index contributed by atoms with van der Waals surface area (Å²) < 4.78 is 0. The summed E-state index contributed by atoms with van der Waals surface area (Å²) in [6, 6.07) is 1.61. The highest BCUT2D eigenvalue weighted by Gasteiger charge is 2.12. The number of aryl methyl sites for hydroxylation is 1. The summed E-state index contributed by atoms with van der Waals surface area (Å²) >= 11 is 1.33. The molecule has 0 spiro atoms. The van der Waals surface area contributed by atoms with Gasteiger partial charge in [-0.05, 0) is 13.0 Å². The Balaban J connectivity index is 1.91. The fourth-order valence-corrected chi connectivity index (χ4v) is 2.90. The molecule has 0 aromatic carbocycles. The molecule has 2 amide bonds. The van der Waals surface area contributed by atoms with Gasteiger partial charge in [0.1, 0.15) is 16.7 Å². The molecule has 3 aromatic heterocycles. The van der Waals surface area contributed by atoms with Crippen molar-refractivity contribution in [1.29, 1.82) is 0 Å². The van der Waals surface area contributed by atoms with Crippen LogP contribution in [-0.2, 0) is 0 Å². The van der Waals surface area contributed by atoms with E-state index in [1.54, 1.807) is 18.5 Å². The molecule has 0 atom stereocenters. The van der Waals surface area contributed by atoms with Crippen LogP contribution in [0.2, 0.25) is 0 Å². The van der Waals surface area contributed by atoms with Crippen molar-refractivity contribution in [3.8, 4) is 11.1 Å². The maximum Gasteiger partial charge on any atom is 0.321 e. The Kier molecular flexibility index (Phi) is 4.24. The van der Waals surface area contributed by atoms with Crippen LogP contribution in [0, 0.1) is 6.92 Å². The predicted octanol–water partition coefficient (Wildman–Crippen LogP) is 2.76. The average molecular weight is 326 g/mol. The van der Waals surface area contributed by atoms with Crippen LogP contribution in [0.25, 0.3) is 21.5 Å². The maximum atomic E-state index is 11.7. The van der Waals surface area contributed by atoms with Gasteiger partial charge in [0.05, 0.1) is 0 Å². The van der Waals surface area contributed by atoms with Crippen LogP contribution >= 0.6 is 11.3 Å². The minimum atomic E-state index is -0.322. The first-order chi connectivity index (χ1) is 11.2. The lowest BCUT2D eigenvalue weighted by molar-refractivity contribution is 0.253. The minimum Gasteiger partial charge on any atom is -0.334 e. The van der Waals surface area contributed by atoms with Gasteiger partial charge in [0.25, 0.3) is 0 Å². The third kappa shape index (κ3) is 3.32. The number of hydrogen-bond acceptors (Lipinski definition) is 6. The Morgan fingerprint density at radius 2 is 2.13 bits per heavy atom. The number of carbonyl (C=O) groups excluding carboxylic acids is 1. The van der Waals surface area contributed by atoms with Gasteiger partial charge in [-0.25, -0.2) is 24.7 Å². The van der Waals surface area contributed by atoms with Crippen LogP contribution in [0.5, 0.6) is 0 Å². The highest BCUT2D eigenvalue weighted by Crippen LogP contribution is 2.29. The summed E-state index contributed by atoms with van der Waals surface area (Å²) in [5.74, 6) is 0. The number of anilines is 1. The highest BCUT2D eigenvalue weighted by atomic mass is 32.1. The van der Waals surface area contributed by atoms with E-state index in [0.717, 1.165) is 27.2 Å². The Hall–Kier alpha value is -2.87. The molecule has 116 valence electrons. The number of pyridine rings is 1. The first-order valence-electron chi connectivity index (χ1n) is 6.86. The van der Waals surface area contributed by atoms with Crippen molar-refractivity contribution >= 4 is 32.8 Å². The fourth-order valence-electron chi connectivity index (χ4n) is 2.04. The van der Waals surface area contributed by atoms with E-state index in [9.17, 15) is 4.79 Å². The average Bonchev–Trinajstić information content (AvgIpc) is 2.93. The molecule has 0 radical (unpaired) electrons. The summed E-state index contributed by atoms with van der Waals surface area (Å²) in [5.41, 5.74) is 3.38. The molecule has 0 bridgehead atoms. The number of thiazole rings is 1. The molecule has 3 heterocycles. The van der Waals surface area contributed by atoms with Gasteiger partial charge in [-0.2, -0.15) is 0 Å². The smallest absolute Gasteiger partial charge is 0.321 e. The van der Waals surface area contributed by atoms with E-state index in [1.165, 1.54) is 17.7 Å². The van der Waals surface area contributed by atoms with Gasteiger partial charge in [-0.1, -0.05) is 17.4 Å². The molecule has 7 nitrogen and oxygen atoms in total. The molecule has 8 heteroatoms. The second kappa shape index (κ2) is 6.49. The molecule has 0 fully saturated rings. The molecular formula is C15H14N6OS. The van der Waals surface area contributed by atoms with E-state index in [4.69, 9.17) is 0 Å². The first kappa shape index (κ1) is 15.0. The van der Waals surface area contributed by atoms with E-state index >= 15 is 0 Å². The molecule has 0 aliphatic heterocycles. The normalized spacial score (nSPS) is 10.5. The number of rotatable bonds is 4. The van der Waals surface area contributed by atoms with Gasteiger partial charge >= 0.3 is 6.03 Å². The highest BCUT2D eigenvalue weighted by molar-refractivity contribution is 7.21. The van der Waals surface area contributed by atoms with Gasteiger partial charge in [-0.15, -0.1) is 6.58 Å². The Morgan fingerprint density at radius 1 is 1.35 bits per heavy atom. The third-order valence-corrected chi connectivity index (χ3v) is 3.95. The summed E-state index contributed by atoms with van der Waals surface area (Å²) in [6.45, 7) is 5.86. The van der Waals surface area contributed by atoms with E-state index in [0.29, 0.717) is 11.7 Å². The number of aromatic nitrogens is 4. The number of fused-ring (bicyclic) bond motifs is 1. The standard InChI is InChI=1S/C15H14N6OS/c1-3-4-18-14(22)21-15-20-12-5-11(9(2)19-13(12)23-15)10-6-16-8-17-7-10/h3,5-8H,1,4H2,2H3,(H2,18,20,21,22). The quantitative estimate of drug-likeness (QED) is 0.719. The largest absolute Gasteiger partial charge is 0.334 e. The van der Waals surface area contributed by atoms with Crippen molar-refractivity contribution < 1.29 is 4.79 Å². The van der Waals surface area contributed by atoms with Crippen molar-refractivity contribution in [2.24, 2.45) is 0 Å². The predicted molar refractivity (Wildman–Crippen MR) is 90.4 cm³/mol. The van der Waals surface area contributed by atoms with Crippen molar-refractivity contribution in [3.63, 3.8) is 0 Å². The van der Waals surface area contributed by atoms with Gasteiger partial charge in [-0.3, -0.25) is 5.32 Å². The van der Waals surface area contributed by atoms with Crippen molar-refractivity contribution in [1.82, 2.24) is 25.3 Å². The molecule has 0 saturated carbocycles. The second-order valence-corrected chi connectivity index (χ2v) is 5.69. The summed E-state index contributed by atoms with van der Waals surface area (Å²) in [5, 5.41) is 5.82. The summed E-state index contributed by atoms with van der Waals surface area (Å²) in [7, 11) is 0. The van der Waals surface area contributed by atoms with Gasteiger partial charge < -0.3 is 5.32 Å². The van der Waals surface area contributed by atoms with Crippen LogP contribution in [0.1, 0.15) is 5.69 Å². The van der Waals surface area contributed by atoms with E-state index in [-0.39, 0.29) is 6.03 Å². The fraction of sp³-hybridized carbons (Fsp3) is 0.133. The summed E-state index contributed by atoms with van der Waals surface area (Å²) in [4.78, 5) is 29.4. The number of carbonyl (C=O) groups is 1. The van der Waals surface area contributed by atoms with Crippen LogP contribution in [0.15, 0.2) is 37.4 Å². The van der Waals surface area contributed by atoms with Gasteiger partial charge in [0.2, 0.25) is 0 Å². The molecule has 0 unspecified atom stereocenters. The van der Waals surface area contributed by atoms with Crippen LogP contribution in [0.3, 0.4) is 0 Å². The second-order valence-electron chi connectivity index (χ2n) is 4.72. The van der Waals surface area contributed by atoms with Crippen molar-refractivity contribution in [3.05, 3.63) is 43.1 Å². The molecule has 3 rings (SSSR count). The third-order valence-electron chi connectivity index (χ3n) is 3.07. The van der Waals surface area contributed by atoms with Crippen LogP contribution in [0.4, 0.5) is 9.93 Å². The van der Waals surface area contributed by atoms with Crippen molar-refractivity contribution in [2.75, 3.05) is 11.9 Å². The number of amides is 2. The van der Waals surface area contributed by atoms with E-state index in [2.05, 4.69) is 37.1 Å². The molecule has 0 aliphatic carbocycles. The van der Waals surface area contributed by atoms with E-state index in [1.807, 2.05) is 13.0 Å². The lowest BCUT2D eigenvalue weighted by Gasteiger charge is -2.03. The van der Waals surface area contributed by atoms with Crippen LogP contribution < -0.4 is 10.6 Å². The zero-order chi connectivity index (χ0) is 16.2. The number of nitrogens with zero attached hydrogens (tertiary/aromatic N) is 4. The minimum absolute atomic E-state index is 0.322. The Bertz CT molecular complexity index is 861. The van der Waals surface area contributed by atoms with Gasteiger partial charge in [0.15, 0.2) is 5.13 Å². The Labute approximate surface area is 136 Å². The Morgan fingerprint density at radius 3 is 2.87 bits per heavy atom. The lowest BCUT2D eigenvalue weighted by Crippen LogP contribution is -2.28. The zero-order valence-corrected chi connectivity index (χ0v) is 13.2. The number of nitrogens with one attached hydrogen (secondary N) is 2. The van der Waals surface area contributed by atoms with E-state index < -0.39 is 0 Å². The number of hydrogen-bond donors (Lipinski definition) is 2. The topological polar surface area (TPSA) is 92.7 Å². The monoisotopic (exact) mass is 326 g/mol. The maximum absolute atomic E-state index is 11.7. The molecule has 0 saturated heterocycles. The SMILES string of the molecule is C=CCNC(=O)Nc1nc2cc(-c3cncnc3)c(C)nc2s1. The van der Waals surface area contributed by atoms with Crippen molar-refractivity contribution in [2.45, 2.75) is 6.92 Å². The molecule has 3 aromatic rings. The number of urea groups is 1. The first-order valence-corrected chi connectivity index (χ1v) is 7.68.